The molecule has 1 fully saturated rings. The van der Waals surface area contributed by atoms with Crippen molar-refractivity contribution in [3.63, 3.8) is 0 Å². The summed E-state index contributed by atoms with van der Waals surface area (Å²) in [5, 5.41) is 14.8. The summed E-state index contributed by atoms with van der Waals surface area (Å²) in [5.74, 6) is -0.872. The monoisotopic (exact) mass is 428 g/mol. The van der Waals surface area contributed by atoms with Crippen LogP contribution in [0, 0.1) is 0 Å². The molecule has 1 amide bonds. The molecule has 0 bridgehead atoms. The standard InChI is InChI=1S/C19H20N6O4S/c1-10(20)17(27)22-11-4-6-24(8-11)14-3-2-12-15(26)13(18(28)29)9-25(16(12)23-14)19-21-5-7-30-19/h2-3,5,7,9-11H,4,6,8,20H2,1H3,(H,22,27)(H,28,29)/t10-,11?/m1/s1. The number of aromatic nitrogens is 3. The fourth-order valence-corrected chi connectivity index (χ4v) is 4.04. The molecular formula is C19H20N6O4S. The fourth-order valence-electron chi connectivity index (χ4n) is 3.42. The minimum absolute atomic E-state index is 0.0449. The number of nitrogens with zero attached hydrogens (tertiary/aromatic N) is 4. The number of carboxylic acid groups (broad SMARTS) is 1. The van der Waals surface area contributed by atoms with Crippen LogP contribution in [0.4, 0.5) is 5.82 Å². The predicted molar refractivity (Wildman–Crippen MR) is 112 cm³/mol. The number of hydrogen-bond donors (Lipinski definition) is 3. The van der Waals surface area contributed by atoms with Gasteiger partial charge in [0.25, 0.3) is 0 Å². The molecule has 0 aromatic carbocycles. The van der Waals surface area contributed by atoms with E-state index in [1.807, 2.05) is 4.90 Å². The second kappa shape index (κ2) is 7.84. The maximum atomic E-state index is 12.6. The van der Waals surface area contributed by atoms with Gasteiger partial charge in [0.05, 0.1) is 11.4 Å². The zero-order valence-corrected chi connectivity index (χ0v) is 16.9. The molecule has 156 valence electrons. The third-order valence-corrected chi connectivity index (χ3v) is 5.73. The first-order chi connectivity index (χ1) is 14.3. The van der Waals surface area contributed by atoms with Gasteiger partial charge in [-0.2, -0.15) is 0 Å². The molecular weight excluding hydrogens is 408 g/mol. The van der Waals surface area contributed by atoms with Gasteiger partial charge in [0.1, 0.15) is 11.4 Å². The summed E-state index contributed by atoms with van der Waals surface area (Å²) in [6.45, 7) is 2.87. The number of hydrogen-bond acceptors (Lipinski definition) is 8. The van der Waals surface area contributed by atoms with Gasteiger partial charge < -0.3 is 21.1 Å². The van der Waals surface area contributed by atoms with Crippen molar-refractivity contribution in [1.82, 2.24) is 19.9 Å². The topological polar surface area (TPSA) is 143 Å². The molecule has 0 spiro atoms. The van der Waals surface area contributed by atoms with Gasteiger partial charge in [-0.15, -0.1) is 11.3 Å². The third-order valence-electron chi connectivity index (χ3n) is 4.96. The Labute approximate surface area is 175 Å². The van der Waals surface area contributed by atoms with Gasteiger partial charge in [-0.1, -0.05) is 0 Å². The fraction of sp³-hybridized carbons (Fsp3) is 0.316. The van der Waals surface area contributed by atoms with E-state index >= 15 is 0 Å². The highest BCUT2D eigenvalue weighted by Gasteiger charge is 2.26. The summed E-state index contributed by atoms with van der Waals surface area (Å²) in [4.78, 5) is 46.9. The van der Waals surface area contributed by atoms with Crippen LogP contribution in [0.3, 0.4) is 0 Å². The minimum atomic E-state index is -1.30. The lowest BCUT2D eigenvalue weighted by molar-refractivity contribution is -0.122. The van der Waals surface area contributed by atoms with Crippen molar-refractivity contribution in [2.45, 2.75) is 25.4 Å². The lowest BCUT2D eigenvalue weighted by Crippen LogP contribution is -2.45. The van der Waals surface area contributed by atoms with Crippen LogP contribution in [0.25, 0.3) is 16.2 Å². The largest absolute Gasteiger partial charge is 0.477 e. The number of pyridine rings is 2. The van der Waals surface area contributed by atoms with E-state index in [1.165, 1.54) is 22.1 Å². The summed E-state index contributed by atoms with van der Waals surface area (Å²) in [7, 11) is 0. The lowest BCUT2D eigenvalue weighted by atomic mass is 10.2. The molecule has 3 aromatic rings. The van der Waals surface area contributed by atoms with Gasteiger partial charge in [0.2, 0.25) is 11.3 Å². The first-order valence-electron chi connectivity index (χ1n) is 9.35. The second-order valence-electron chi connectivity index (χ2n) is 7.13. The number of nitrogens with two attached hydrogens (primary N) is 1. The van der Waals surface area contributed by atoms with Crippen molar-refractivity contribution in [2.24, 2.45) is 5.73 Å². The molecule has 0 radical (unpaired) electrons. The predicted octanol–water partition coefficient (Wildman–Crippen LogP) is 0.583. The van der Waals surface area contributed by atoms with Crippen LogP contribution in [0.2, 0.25) is 0 Å². The lowest BCUT2D eigenvalue weighted by Gasteiger charge is -2.19. The van der Waals surface area contributed by atoms with E-state index in [2.05, 4.69) is 15.3 Å². The molecule has 1 aliphatic heterocycles. The molecule has 0 aliphatic carbocycles. The molecule has 30 heavy (non-hydrogen) atoms. The van der Waals surface area contributed by atoms with Gasteiger partial charge in [0.15, 0.2) is 10.8 Å². The maximum absolute atomic E-state index is 12.6. The first-order valence-corrected chi connectivity index (χ1v) is 10.2. The quantitative estimate of drug-likeness (QED) is 0.535. The summed E-state index contributed by atoms with van der Waals surface area (Å²) >= 11 is 1.31. The Kier molecular flexibility index (Phi) is 5.22. The zero-order chi connectivity index (χ0) is 21.4. The Balaban J connectivity index is 1.73. The van der Waals surface area contributed by atoms with E-state index in [4.69, 9.17) is 5.73 Å². The minimum Gasteiger partial charge on any atom is -0.477 e. The van der Waals surface area contributed by atoms with Crippen molar-refractivity contribution in [2.75, 3.05) is 18.0 Å². The zero-order valence-electron chi connectivity index (χ0n) is 16.1. The van der Waals surface area contributed by atoms with E-state index in [1.54, 1.807) is 30.6 Å². The third kappa shape index (κ3) is 3.64. The number of carboxylic acids is 1. The van der Waals surface area contributed by atoms with Gasteiger partial charge in [-0.05, 0) is 25.5 Å². The highest BCUT2D eigenvalue weighted by molar-refractivity contribution is 7.12. The van der Waals surface area contributed by atoms with Gasteiger partial charge in [-0.3, -0.25) is 14.2 Å². The summed E-state index contributed by atoms with van der Waals surface area (Å²) in [5.41, 5.74) is 5.02. The van der Waals surface area contributed by atoms with Crippen LogP contribution < -0.4 is 21.4 Å². The Morgan fingerprint density at radius 2 is 2.20 bits per heavy atom. The Bertz CT molecular complexity index is 1170. The Hall–Kier alpha value is -3.31. The van der Waals surface area contributed by atoms with Gasteiger partial charge in [-0.25, -0.2) is 14.8 Å². The molecule has 0 saturated carbocycles. The summed E-state index contributed by atoms with van der Waals surface area (Å²) in [6.07, 6.45) is 3.61. The number of carbonyl (C=O) groups is 2. The molecule has 4 rings (SSSR count). The number of anilines is 1. The molecule has 1 saturated heterocycles. The summed E-state index contributed by atoms with van der Waals surface area (Å²) in [6, 6.07) is 2.66. The van der Waals surface area contributed by atoms with E-state index in [0.29, 0.717) is 29.7 Å². The van der Waals surface area contributed by atoms with E-state index in [0.717, 1.165) is 6.42 Å². The van der Waals surface area contributed by atoms with Crippen molar-refractivity contribution in [1.29, 1.82) is 0 Å². The van der Waals surface area contributed by atoms with Crippen molar-refractivity contribution in [3.05, 3.63) is 45.7 Å². The van der Waals surface area contributed by atoms with E-state index < -0.39 is 17.4 Å². The van der Waals surface area contributed by atoms with Crippen LogP contribution in [0.1, 0.15) is 23.7 Å². The number of fused-ring (bicyclic) bond motifs is 1. The van der Waals surface area contributed by atoms with Crippen LogP contribution in [0.5, 0.6) is 0 Å². The molecule has 3 aromatic heterocycles. The molecule has 2 atom stereocenters. The number of rotatable bonds is 5. The molecule has 1 aliphatic rings. The molecule has 1 unspecified atom stereocenters. The van der Waals surface area contributed by atoms with Gasteiger partial charge in [0, 0.05) is 36.9 Å². The van der Waals surface area contributed by atoms with Crippen molar-refractivity contribution >= 4 is 40.1 Å². The number of amides is 1. The average molecular weight is 428 g/mol. The van der Waals surface area contributed by atoms with Crippen LogP contribution >= 0.6 is 11.3 Å². The highest BCUT2D eigenvalue weighted by atomic mass is 32.1. The molecule has 4 heterocycles. The molecule has 11 heteroatoms. The van der Waals surface area contributed by atoms with Crippen LogP contribution in [-0.2, 0) is 4.79 Å². The van der Waals surface area contributed by atoms with E-state index in [9.17, 15) is 19.5 Å². The second-order valence-corrected chi connectivity index (χ2v) is 8.00. The van der Waals surface area contributed by atoms with Crippen molar-refractivity contribution < 1.29 is 14.7 Å². The van der Waals surface area contributed by atoms with Crippen LogP contribution in [0.15, 0.2) is 34.7 Å². The number of aromatic carboxylic acids is 1. The number of thiazole rings is 1. The Morgan fingerprint density at radius 1 is 1.40 bits per heavy atom. The van der Waals surface area contributed by atoms with Crippen molar-refractivity contribution in [3.8, 4) is 5.13 Å². The number of carbonyl (C=O) groups excluding carboxylic acids is 1. The maximum Gasteiger partial charge on any atom is 0.341 e. The smallest absolute Gasteiger partial charge is 0.341 e. The normalized spacial score (nSPS) is 17.3. The Morgan fingerprint density at radius 3 is 2.87 bits per heavy atom. The summed E-state index contributed by atoms with van der Waals surface area (Å²) < 4.78 is 1.53. The number of nitrogens with one attached hydrogen (secondary N) is 1. The first kappa shape index (κ1) is 20.0. The van der Waals surface area contributed by atoms with Gasteiger partial charge >= 0.3 is 5.97 Å². The van der Waals surface area contributed by atoms with E-state index in [-0.39, 0.29) is 22.9 Å². The van der Waals surface area contributed by atoms with Crippen LogP contribution in [-0.4, -0.2) is 56.7 Å². The molecule has 4 N–H and O–H groups in total. The SMILES string of the molecule is C[C@@H](N)C(=O)NC1CCN(c2ccc3c(=O)c(C(=O)O)cn(-c4nccs4)c3n2)C1. The highest BCUT2D eigenvalue weighted by Crippen LogP contribution is 2.23. The molecule has 10 nitrogen and oxygen atoms in total. The average Bonchev–Trinajstić information content (AvgIpc) is 3.40.